The summed E-state index contributed by atoms with van der Waals surface area (Å²) >= 11 is 0. The monoisotopic (exact) mass is 397 g/mol. The van der Waals surface area contributed by atoms with Crippen LogP contribution in [0.2, 0.25) is 0 Å². The van der Waals surface area contributed by atoms with Gasteiger partial charge in [-0.2, -0.15) is 5.10 Å². The summed E-state index contributed by atoms with van der Waals surface area (Å²) in [7, 11) is 2.08. The van der Waals surface area contributed by atoms with E-state index in [-0.39, 0.29) is 11.9 Å². The molecule has 0 aliphatic carbocycles. The Morgan fingerprint density at radius 2 is 1.52 bits per heavy atom. The highest BCUT2D eigenvalue weighted by Crippen LogP contribution is 2.17. The van der Waals surface area contributed by atoms with Crippen molar-refractivity contribution in [3.8, 4) is 5.69 Å². The molecule has 9 heteroatoms. The highest BCUT2D eigenvalue weighted by molar-refractivity contribution is 5.95. The number of nitrogens with zero attached hydrogens (tertiary/aromatic N) is 7. The molecule has 1 aromatic carbocycles. The Hall–Kier alpha value is -2.94. The highest BCUT2D eigenvalue weighted by atomic mass is 16.2. The number of urea groups is 1. The van der Waals surface area contributed by atoms with Crippen LogP contribution in [-0.2, 0) is 0 Å². The van der Waals surface area contributed by atoms with Crippen LogP contribution in [0.25, 0.3) is 5.69 Å². The summed E-state index contributed by atoms with van der Waals surface area (Å²) in [6.45, 7) is 7.59. The first kappa shape index (κ1) is 19.4. The molecule has 3 amide bonds. The molecule has 2 aromatic rings. The van der Waals surface area contributed by atoms with Gasteiger partial charge in [0.2, 0.25) is 0 Å². The lowest BCUT2D eigenvalue weighted by Crippen LogP contribution is -2.57. The molecule has 4 rings (SSSR count). The molecule has 2 aliphatic rings. The SMILES string of the molecule is Cc1cc(C(=O)N2CCN(C(=O)N3CCN(C)CC3)CC2)ccc1-n1cncn1. The number of amides is 3. The van der Waals surface area contributed by atoms with Crippen molar-refractivity contribution in [2.75, 3.05) is 59.4 Å². The van der Waals surface area contributed by atoms with Crippen molar-refractivity contribution >= 4 is 11.9 Å². The molecule has 1 aromatic heterocycles. The van der Waals surface area contributed by atoms with Crippen molar-refractivity contribution in [3.05, 3.63) is 42.0 Å². The maximum Gasteiger partial charge on any atom is 0.320 e. The third-order valence-corrected chi connectivity index (χ3v) is 5.72. The number of carbonyl (C=O) groups excluding carboxylic acids is 2. The fourth-order valence-electron chi connectivity index (χ4n) is 3.86. The van der Waals surface area contributed by atoms with Gasteiger partial charge < -0.3 is 19.6 Å². The maximum absolute atomic E-state index is 12.9. The molecule has 29 heavy (non-hydrogen) atoms. The molecular formula is C20H27N7O2. The average Bonchev–Trinajstić information content (AvgIpc) is 3.28. The van der Waals surface area contributed by atoms with E-state index in [9.17, 15) is 9.59 Å². The average molecular weight is 397 g/mol. The standard InChI is InChI=1S/C20H27N7O2/c1-16-13-17(3-4-18(16)27-15-21-14-22-27)19(28)24-9-11-26(12-10-24)20(29)25-7-5-23(2)6-8-25/h3-4,13-15H,5-12H2,1-2H3. The van der Waals surface area contributed by atoms with Crippen LogP contribution in [0.4, 0.5) is 4.79 Å². The second-order valence-corrected chi connectivity index (χ2v) is 7.69. The van der Waals surface area contributed by atoms with Gasteiger partial charge in [-0.15, -0.1) is 0 Å². The first-order chi connectivity index (χ1) is 14.0. The van der Waals surface area contributed by atoms with Gasteiger partial charge in [0.05, 0.1) is 5.69 Å². The molecule has 0 bridgehead atoms. The summed E-state index contributed by atoms with van der Waals surface area (Å²) in [4.78, 5) is 37.5. The maximum atomic E-state index is 12.9. The van der Waals surface area contributed by atoms with Gasteiger partial charge in [0.1, 0.15) is 12.7 Å². The number of hydrogen-bond acceptors (Lipinski definition) is 5. The largest absolute Gasteiger partial charge is 0.335 e. The molecule has 0 N–H and O–H groups in total. The van der Waals surface area contributed by atoms with E-state index in [0.29, 0.717) is 31.7 Å². The third-order valence-electron chi connectivity index (χ3n) is 5.72. The number of likely N-dealkylation sites (N-methyl/N-ethyl adjacent to an activating group) is 1. The van der Waals surface area contributed by atoms with E-state index in [1.165, 1.54) is 6.33 Å². The minimum atomic E-state index is 0.00457. The molecular weight excluding hydrogens is 370 g/mol. The van der Waals surface area contributed by atoms with Crippen molar-refractivity contribution in [1.29, 1.82) is 0 Å². The molecule has 0 unspecified atom stereocenters. The topological polar surface area (TPSA) is 77.8 Å². The van der Waals surface area contributed by atoms with Crippen LogP contribution in [0, 0.1) is 6.92 Å². The molecule has 2 saturated heterocycles. The number of benzene rings is 1. The Kier molecular flexibility index (Phi) is 5.48. The summed E-state index contributed by atoms with van der Waals surface area (Å²) in [5.41, 5.74) is 2.53. The zero-order valence-electron chi connectivity index (χ0n) is 17.0. The van der Waals surface area contributed by atoms with Gasteiger partial charge in [0.15, 0.2) is 0 Å². The molecule has 2 aliphatic heterocycles. The van der Waals surface area contributed by atoms with Gasteiger partial charge in [0, 0.05) is 57.9 Å². The lowest BCUT2D eigenvalue weighted by atomic mass is 10.1. The normalized spacial score (nSPS) is 18.2. The summed E-state index contributed by atoms with van der Waals surface area (Å²) in [5.74, 6) is 0.00457. The quantitative estimate of drug-likeness (QED) is 0.746. The van der Waals surface area contributed by atoms with Crippen LogP contribution in [-0.4, -0.2) is 106 Å². The Bertz CT molecular complexity index is 867. The van der Waals surface area contributed by atoms with Gasteiger partial charge in [-0.25, -0.2) is 14.5 Å². The van der Waals surface area contributed by atoms with Crippen LogP contribution < -0.4 is 0 Å². The predicted molar refractivity (Wildman–Crippen MR) is 108 cm³/mol. The molecule has 0 atom stereocenters. The Balaban J connectivity index is 1.35. The Labute approximate surface area is 170 Å². The van der Waals surface area contributed by atoms with E-state index in [0.717, 1.165) is 37.4 Å². The van der Waals surface area contributed by atoms with Gasteiger partial charge in [-0.1, -0.05) is 0 Å². The van der Waals surface area contributed by atoms with Gasteiger partial charge in [-0.3, -0.25) is 4.79 Å². The second kappa shape index (κ2) is 8.20. The fraction of sp³-hybridized carbons (Fsp3) is 0.500. The summed E-state index contributed by atoms with van der Waals surface area (Å²) < 4.78 is 1.69. The first-order valence-corrected chi connectivity index (χ1v) is 10.0. The van der Waals surface area contributed by atoms with E-state index in [1.807, 2.05) is 39.8 Å². The Morgan fingerprint density at radius 1 is 0.897 bits per heavy atom. The zero-order valence-corrected chi connectivity index (χ0v) is 17.0. The van der Waals surface area contributed by atoms with Crippen molar-refractivity contribution in [3.63, 3.8) is 0 Å². The van der Waals surface area contributed by atoms with Crippen LogP contribution in [0.15, 0.2) is 30.9 Å². The minimum absolute atomic E-state index is 0.00457. The number of rotatable bonds is 2. The first-order valence-electron chi connectivity index (χ1n) is 10.0. The summed E-state index contributed by atoms with van der Waals surface area (Å²) in [5, 5.41) is 4.15. The molecule has 0 spiro atoms. The molecule has 9 nitrogen and oxygen atoms in total. The van der Waals surface area contributed by atoms with Crippen LogP contribution in [0.1, 0.15) is 15.9 Å². The van der Waals surface area contributed by atoms with Gasteiger partial charge >= 0.3 is 6.03 Å². The second-order valence-electron chi connectivity index (χ2n) is 7.69. The number of hydrogen-bond donors (Lipinski definition) is 0. The Morgan fingerprint density at radius 3 is 2.10 bits per heavy atom. The molecule has 0 radical (unpaired) electrons. The molecule has 0 saturated carbocycles. The van der Waals surface area contributed by atoms with Crippen molar-refractivity contribution in [2.45, 2.75) is 6.92 Å². The van der Waals surface area contributed by atoms with Gasteiger partial charge in [-0.05, 0) is 37.7 Å². The zero-order chi connectivity index (χ0) is 20.4. The molecule has 3 heterocycles. The molecule has 154 valence electrons. The number of carbonyl (C=O) groups is 2. The summed E-state index contributed by atoms with van der Waals surface area (Å²) in [6.07, 6.45) is 3.13. The van der Waals surface area contributed by atoms with E-state index < -0.39 is 0 Å². The number of piperazine rings is 2. The van der Waals surface area contributed by atoms with Crippen molar-refractivity contribution in [1.82, 2.24) is 34.4 Å². The minimum Gasteiger partial charge on any atom is -0.335 e. The molecule has 2 fully saturated rings. The lowest BCUT2D eigenvalue weighted by Gasteiger charge is -2.40. The van der Waals surface area contributed by atoms with E-state index in [2.05, 4.69) is 22.0 Å². The third kappa shape index (κ3) is 4.09. The van der Waals surface area contributed by atoms with Gasteiger partial charge in [0.25, 0.3) is 5.91 Å². The van der Waals surface area contributed by atoms with Crippen LogP contribution in [0.3, 0.4) is 0 Å². The summed E-state index contributed by atoms with van der Waals surface area (Å²) in [6, 6.07) is 5.71. The highest BCUT2D eigenvalue weighted by Gasteiger charge is 2.29. The van der Waals surface area contributed by atoms with Crippen molar-refractivity contribution in [2.24, 2.45) is 0 Å². The van der Waals surface area contributed by atoms with Crippen molar-refractivity contribution < 1.29 is 9.59 Å². The van der Waals surface area contributed by atoms with Crippen LogP contribution >= 0.6 is 0 Å². The van der Waals surface area contributed by atoms with E-state index in [1.54, 1.807) is 11.0 Å². The van der Waals surface area contributed by atoms with Crippen LogP contribution in [0.5, 0.6) is 0 Å². The predicted octanol–water partition coefficient (Wildman–Crippen LogP) is 0.701. The fourth-order valence-corrected chi connectivity index (χ4v) is 3.86. The number of aromatic nitrogens is 3. The smallest absolute Gasteiger partial charge is 0.320 e. The van der Waals surface area contributed by atoms with E-state index in [4.69, 9.17) is 0 Å². The number of aryl methyl sites for hydroxylation is 1. The van der Waals surface area contributed by atoms with E-state index >= 15 is 0 Å². The lowest BCUT2D eigenvalue weighted by molar-refractivity contribution is 0.0619.